The van der Waals surface area contributed by atoms with Crippen molar-refractivity contribution in [1.82, 2.24) is 0 Å². The van der Waals surface area contributed by atoms with Crippen LogP contribution in [0.15, 0.2) is 82.6 Å². The van der Waals surface area contributed by atoms with Crippen molar-refractivity contribution in [2.75, 3.05) is 10.6 Å². The Morgan fingerprint density at radius 2 is 1.15 bits per heavy atom. The Kier molecular flexibility index (Phi) is 13.0. The fourth-order valence-electron chi connectivity index (χ4n) is 2.53. The van der Waals surface area contributed by atoms with Crippen LogP contribution in [0.1, 0.15) is 20.7 Å². The van der Waals surface area contributed by atoms with Gasteiger partial charge in [-0.25, -0.2) is 8.42 Å². The van der Waals surface area contributed by atoms with Crippen molar-refractivity contribution >= 4 is 45.4 Å². The third-order valence-electron chi connectivity index (χ3n) is 4.08. The Morgan fingerprint density at radius 1 is 0.735 bits per heavy atom. The van der Waals surface area contributed by atoms with E-state index in [0.717, 1.165) is 24.2 Å². The summed E-state index contributed by atoms with van der Waals surface area (Å²) in [6.45, 7) is 0. The summed E-state index contributed by atoms with van der Waals surface area (Å²) in [7, 11) is -4.57. The fraction of sp³-hybridized carbons (Fsp3) is 0. The quantitative estimate of drug-likeness (QED) is 0.100. The first-order valence-electron chi connectivity index (χ1n) is 8.78. The van der Waals surface area contributed by atoms with Crippen LogP contribution in [0.4, 0.5) is 11.4 Å². The third kappa shape index (κ3) is 9.07. The smallest absolute Gasteiger partial charge is 0.744 e. The van der Waals surface area contributed by atoms with Gasteiger partial charge in [-0.2, -0.15) is 4.33 Å². The summed E-state index contributed by atoms with van der Waals surface area (Å²) in [5, 5.41) is 18.3. The van der Waals surface area contributed by atoms with E-state index >= 15 is 0 Å². The number of hydrogen-bond donors (Lipinski definition) is 2. The van der Waals surface area contributed by atoms with E-state index in [4.69, 9.17) is 0 Å². The summed E-state index contributed by atoms with van der Waals surface area (Å²) in [6, 6.07) is 17.1. The summed E-state index contributed by atoms with van der Waals surface area (Å²) in [6.07, 6.45) is 0. The Bertz CT molecular complexity index is 1210. The predicted molar refractivity (Wildman–Crippen MR) is 111 cm³/mol. The molecule has 0 fully saturated rings. The van der Waals surface area contributed by atoms with Crippen molar-refractivity contribution in [1.29, 1.82) is 0 Å². The molecule has 0 aromatic heterocycles. The van der Waals surface area contributed by atoms with Crippen LogP contribution in [0, 0.1) is 0 Å². The molecule has 0 unspecified atom stereocenters. The molecule has 3 rings (SSSR count). The van der Waals surface area contributed by atoms with Crippen molar-refractivity contribution in [2.24, 2.45) is 0 Å². The first-order chi connectivity index (χ1) is 15.3. The Balaban J connectivity index is 0.00000289. The van der Waals surface area contributed by atoms with Gasteiger partial charge in [-0.3, -0.25) is 14.6 Å². The molecular weight excluding hydrogens is 506 g/mol. The molecule has 166 valence electrons. The molecule has 34 heavy (non-hydrogen) atoms. The molecule has 0 heterocycles. The van der Waals surface area contributed by atoms with Gasteiger partial charge in [0.05, 0.1) is 16.9 Å². The van der Waals surface area contributed by atoms with Crippen LogP contribution in [0.5, 0.6) is 0 Å². The molecule has 10 nitrogen and oxygen atoms in total. The normalized spacial score (nSPS) is 10.4. The van der Waals surface area contributed by atoms with Gasteiger partial charge in [-0.05, 0) is 72.8 Å². The van der Waals surface area contributed by atoms with Crippen molar-refractivity contribution in [3.8, 4) is 0 Å². The minimum absolute atomic E-state index is 0. The van der Waals surface area contributed by atoms with Gasteiger partial charge in [0.1, 0.15) is 10.1 Å². The van der Waals surface area contributed by atoms with E-state index in [-0.39, 0.29) is 64.7 Å². The topological polar surface area (TPSA) is 157 Å². The fourth-order valence-corrected chi connectivity index (χ4v) is 3.35. The van der Waals surface area contributed by atoms with Gasteiger partial charge >= 0.3 is 59.1 Å². The van der Waals surface area contributed by atoms with Crippen LogP contribution >= 0.6 is 12.0 Å². The van der Waals surface area contributed by atoms with E-state index in [1.165, 1.54) is 36.4 Å². The van der Waals surface area contributed by atoms with Crippen LogP contribution < -0.4 is 75.0 Å². The molecule has 2 N–H and O–H groups in total. The van der Waals surface area contributed by atoms with Gasteiger partial charge in [-0.15, -0.1) is 0 Å². The largest absolute Gasteiger partial charge is 1.00 e. The average Bonchev–Trinajstić information content (AvgIpc) is 2.78. The molecule has 0 atom stereocenters. The summed E-state index contributed by atoms with van der Waals surface area (Å²) in [4.78, 5) is 24.9. The predicted octanol–water partition coefficient (Wildman–Crippen LogP) is -3.67. The van der Waals surface area contributed by atoms with E-state index in [1.54, 1.807) is 24.3 Å². The second-order valence-corrected chi connectivity index (χ2v) is 8.36. The molecule has 0 spiro atoms. The molecule has 0 saturated heterocycles. The summed E-state index contributed by atoms with van der Waals surface area (Å²) in [5.41, 5.74) is 1.39. The van der Waals surface area contributed by atoms with E-state index in [2.05, 4.69) is 20.0 Å². The van der Waals surface area contributed by atoms with E-state index < -0.39 is 26.8 Å². The summed E-state index contributed by atoms with van der Waals surface area (Å²) >= 11 is 0.725. The van der Waals surface area contributed by atoms with Gasteiger partial charge < -0.3 is 20.4 Å². The molecule has 2 amide bonds. The van der Waals surface area contributed by atoms with Crippen LogP contribution in [-0.4, -0.2) is 24.8 Å². The maximum Gasteiger partial charge on any atom is 1.00 e. The van der Waals surface area contributed by atoms with Gasteiger partial charge in [0, 0.05) is 27.4 Å². The second kappa shape index (κ2) is 14.3. The number of benzene rings is 3. The maximum atomic E-state index is 12.4. The SMILES string of the molecule is O=C(Nc1ccc(SOO[O-])cc1)c1ccc(C(=O)Nc2ccc(S(=O)(=O)[O-])cc2)cc1.[Na+].[Na+]. The number of hydrogen-bond acceptors (Lipinski definition) is 9. The van der Waals surface area contributed by atoms with Crippen LogP contribution in [-0.2, 0) is 19.5 Å². The molecule has 0 aliphatic carbocycles. The maximum absolute atomic E-state index is 12.4. The average molecular weight is 520 g/mol. The second-order valence-electron chi connectivity index (χ2n) is 6.21. The zero-order chi connectivity index (χ0) is 23.1. The van der Waals surface area contributed by atoms with E-state index in [0.29, 0.717) is 21.8 Å². The molecule has 0 saturated carbocycles. The Hall–Kier alpha value is -1.26. The molecule has 0 aliphatic rings. The molecule has 0 aliphatic heterocycles. The van der Waals surface area contributed by atoms with Crippen molar-refractivity contribution in [2.45, 2.75) is 9.79 Å². The minimum atomic E-state index is -4.57. The molecule has 14 heteroatoms. The van der Waals surface area contributed by atoms with Gasteiger partial charge in [0.2, 0.25) is 0 Å². The van der Waals surface area contributed by atoms with E-state index in [1.807, 2.05) is 0 Å². The summed E-state index contributed by atoms with van der Waals surface area (Å²) < 4.78 is 37.0. The monoisotopic (exact) mass is 520 g/mol. The first kappa shape index (κ1) is 30.8. The zero-order valence-electron chi connectivity index (χ0n) is 18.0. The number of carbonyl (C=O) groups excluding carboxylic acids is 2. The van der Waals surface area contributed by atoms with Crippen LogP contribution in [0.2, 0.25) is 0 Å². The first-order valence-corrected chi connectivity index (χ1v) is 10.9. The van der Waals surface area contributed by atoms with Gasteiger partial charge in [0.25, 0.3) is 11.8 Å². The number of nitrogens with one attached hydrogen (secondary N) is 2. The molecule has 3 aromatic carbocycles. The van der Waals surface area contributed by atoms with Crippen molar-refractivity contribution < 1.29 is 96.3 Å². The van der Waals surface area contributed by atoms with Crippen LogP contribution in [0.3, 0.4) is 0 Å². The van der Waals surface area contributed by atoms with Gasteiger partial charge in [-0.1, -0.05) is 0 Å². The Morgan fingerprint density at radius 3 is 1.53 bits per heavy atom. The number of amides is 2. The number of rotatable bonds is 8. The number of anilines is 2. The molecular formula is C20H14N2Na2O8S2. The molecule has 0 radical (unpaired) electrons. The van der Waals surface area contributed by atoms with Crippen molar-refractivity contribution in [3.05, 3.63) is 83.9 Å². The molecule has 0 bridgehead atoms. The Labute approximate surface area is 243 Å². The minimum Gasteiger partial charge on any atom is -0.744 e. The van der Waals surface area contributed by atoms with Crippen molar-refractivity contribution in [3.63, 3.8) is 0 Å². The number of carbonyl (C=O) groups is 2. The summed E-state index contributed by atoms with van der Waals surface area (Å²) in [5.74, 6) is -0.877. The molecule has 3 aromatic rings. The third-order valence-corrected chi connectivity index (χ3v) is 5.52. The zero-order valence-corrected chi connectivity index (χ0v) is 23.6. The standard InChI is InChI=1S/C20H16N2O8S2.2Na/c23-19(21-15-5-9-17(10-6-15)31-30-29-25)13-1-3-14(4-2-13)20(24)22-16-7-11-18(12-8-16)32(26,27)28;;/h1-12,25H,(H,21,23)(H,22,24)(H,26,27,28);;/q;2*+1/p-2. The van der Waals surface area contributed by atoms with Gasteiger partial charge in [0.15, 0.2) is 0 Å². The van der Waals surface area contributed by atoms with E-state index in [9.17, 15) is 27.8 Å². The van der Waals surface area contributed by atoms with Crippen LogP contribution in [0.25, 0.3) is 0 Å².